The Bertz CT molecular complexity index is 884. The van der Waals surface area contributed by atoms with E-state index in [-0.39, 0.29) is 11.6 Å². The number of rotatable bonds is 5. The standard InChI is InChI=1S/C21H22N4O2/c22-15-19-20(4-3-8-23-19)27-17-5-6-18-16(14-17)7-11-25(21(18)26)13-12-24-9-1-2-10-24/h3-6,8,14H,1-2,7,9-13H2. The number of amides is 1. The second-order valence-corrected chi connectivity index (χ2v) is 6.97. The highest BCUT2D eigenvalue weighted by molar-refractivity contribution is 5.97. The number of nitrogens with zero attached hydrogens (tertiary/aromatic N) is 4. The first-order chi connectivity index (χ1) is 13.2. The number of hydrogen-bond acceptors (Lipinski definition) is 5. The summed E-state index contributed by atoms with van der Waals surface area (Å²) in [5.74, 6) is 1.15. The zero-order valence-electron chi connectivity index (χ0n) is 15.2. The van der Waals surface area contributed by atoms with Gasteiger partial charge in [-0.05, 0) is 68.2 Å². The van der Waals surface area contributed by atoms with Gasteiger partial charge in [0.05, 0.1) is 0 Å². The fourth-order valence-corrected chi connectivity index (χ4v) is 3.74. The molecule has 1 aromatic carbocycles. The van der Waals surface area contributed by atoms with Crippen LogP contribution in [0.3, 0.4) is 0 Å². The number of hydrogen-bond donors (Lipinski definition) is 0. The molecule has 27 heavy (non-hydrogen) atoms. The fourth-order valence-electron chi connectivity index (χ4n) is 3.74. The Hall–Kier alpha value is -2.91. The Morgan fingerprint density at radius 1 is 1.15 bits per heavy atom. The third kappa shape index (κ3) is 3.79. The molecular weight excluding hydrogens is 340 g/mol. The van der Waals surface area contributed by atoms with E-state index in [9.17, 15) is 4.79 Å². The minimum Gasteiger partial charge on any atom is -0.454 e. The van der Waals surface area contributed by atoms with Gasteiger partial charge in [-0.1, -0.05) is 0 Å². The SMILES string of the molecule is N#Cc1ncccc1Oc1ccc2c(c1)CCN(CCN1CCCC1)C2=O. The lowest BCUT2D eigenvalue weighted by Crippen LogP contribution is -2.42. The summed E-state index contributed by atoms with van der Waals surface area (Å²) in [5.41, 5.74) is 2.00. The van der Waals surface area contributed by atoms with Crippen molar-refractivity contribution in [2.45, 2.75) is 19.3 Å². The molecule has 0 radical (unpaired) electrons. The molecule has 6 nitrogen and oxygen atoms in total. The van der Waals surface area contributed by atoms with E-state index in [1.54, 1.807) is 24.4 Å². The third-order valence-electron chi connectivity index (χ3n) is 5.23. The minimum atomic E-state index is 0.0982. The van der Waals surface area contributed by atoms with Crippen LogP contribution in [0.1, 0.15) is 34.5 Å². The molecule has 2 aliphatic heterocycles. The van der Waals surface area contributed by atoms with Crippen LogP contribution in [0.2, 0.25) is 0 Å². The molecule has 6 heteroatoms. The zero-order valence-corrected chi connectivity index (χ0v) is 15.2. The van der Waals surface area contributed by atoms with E-state index in [2.05, 4.69) is 9.88 Å². The minimum absolute atomic E-state index is 0.0982. The molecule has 1 aromatic heterocycles. The highest BCUT2D eigenvalue weighted by Gasteiger charge is 2.25. The Kier molecular flexibility index (Phi) is 5.03. The number of aromatic nitrogens is 1. The van der Waals surface area contributed by atoms with E-state index in [0.717, 1.165) is 50.3 Å². The number of ether oxygens (including phenoxy) is 1. The van der Waals surface area contributed by atoms with Gasteiger partial charge in [0.2, 0.25) is 0 Å². The average molecular weight is 362 g/mol. The molecule has 138 valence electrons. The highest BCUT2D eigenvalue weighted by Crippen LogP contribution is 2.28. The monoisotopic (exact) mass is 362 g/mol. The average Bonchev–Trinajstić information content (AvgIpc) is 3.21. The lowest BCUT2D eigenvalue weighted by Gasteiger charge is -2.30. The number of likely N-dealkylation sites (tertiary alicyclic amines) is 1. The van der Waals surface area contributed by atoms with E-state index in [1.165, 1.54) is 12.8 Å². The van der Waals surface area contributed by atoms with E-state index in [1.807, 2.05) is 23.1 Å². The molecular formula is C21H22N4O2. The molecule has 0 atom stereocenters. The quantitative estimate of drug-likeness (QED) is 0.818. The van der Waals surface area contributed by atoms with Gasteiger partial charge in [-0.15, -0.1) is 0 Å². The molecule has 2 aromatic rings. The third-order valence-corrected chi connectivity index (χ3v) is 5.23. The maximum absolute atomic E-state index is 12.8. The van der Waals surface area contributed by atoms with Crippen LogP contribution in [0.5, 0.6) is 11.5 Å². The summed E-state index contributed by atoms with van der Waals surface area (Å²) in [6.07, 6.45) is 4.91. The van der Waals surface area contributed by atoms with Crippen LogP contribution in [0, 0.1) is 11.3 Å². The van der Waals surface area contributed by atoms with Crippen molar-refractivity contribution in [1.29, 1.82) is 5.26 Å². The first-order valence-corrected chi connectivity index (χ1v) is 9.42. The molecule has 0 aliphatic carbocycles. The van der Waals surface area contributed by atoms with Crippen molar-refractivity contribution >= 4 is 5.91 Å². The van der Waals surface area contributed by atoms with E-state index < -0.39 is 0 Å². The van der Waals surface area contributed by atoms with Crippen LogP contribution in [-0.2, 0) is 6.42 Å². The molecule has 0 spiro atoms. The van der Waals surface area contributed by atoms with Crippen molar-refractivity contribution in [3.05, 3.63) is 53.3 Å². The summed E-state index contributed by atoms with van der Waals surface area (Å²) in [7, 11) is 0. The van der Waals surface area contributed by atoms with Crippen LogP contribution < -0.4 is 4.74 Å². The first-order valence-electron chi connectivity index (χ1n) is 9.42. The van der Waals surface area contributed by atoms with Gasteiger partial charge in [-0.2, -0.15) is 5.26 Å². The number of carbonyl (C=O) groups excluding carboxylic acids is 1. The predicted molar refractivity (Wildman–Crippen MR) is 101 cm³/mol. The summed E-state index contributed by atoms with van der Waals surface area (Å²) in [4.78, 5) is 21.2. The van der Waals surface area contributed by atoms with E-state index in [4.69, 9.17) is 10.00 Å². The van der Waals surface area contributed by atoms with Crippen LogP contribution in [0.15, 0.2) is 36.5 Å². The summed E-state index contributed by atoms with van der Waals surface area (Å²) in [6, 6.07) is 11.0. The summed E-state index contributed by atoms with van der Waals surface area (Å²) in [5, 5.41) is 9.14. The van der Waals surface area contributed by atoms with E-state index >= 15 is 0 Å². The van der Waals surface area contributed by atoms with Crippen molar-refractivity contribution in [2.75, 3.05) is 32.7 Å². The molecule has 1 saturated heterocycles. The van der Waals surface area contributed by atoms with Crippen molar-refractivity contribution in [2.24, 2.45) is 0 Å². The Morgan fingerprint density at radius 3 is 2.81 bits per heavy atom. The van der Waals surface area contributed by atoms with Crippen LogP contribution >= 0.6 is 0 Å². The van der Waals surface area contributed by atoms with Crippen LogP contribution in [0.4, 0.5) is 0 Å². The molecule has 0 N–H and O–H groups in total. The van der Waals surface area contributed by atoms with Gasteiger partial charge in [0.1, 0.15) is 11.8 Å². The number of pyridine rings is 1. The summed E-state index contributed by atoms with van der Waals surface area (Å²) < 4.78 is 5.83. The Morgan fingerprint density at radius 2 is 2.00 bits per heavy atom. The lowest BCUT2D eigenvalue weighted by molar-refractivity contribution is 0.0724. The maximum atomic E-state index is 12.8. The second kappa shape index (κ2) is 7.77. The molecule has 2 aliphatic rings. The topological polar surface area (TPSA) is 69.5 Å². The van der Waals surface area contributed by atoms with Gasteiger partial charge >= 0.3 is 0 Å². The largest absolute Gasteiger partial charge is 0.454 e. The van der Waals surface area contributed by atoms with Crippen molar-refractivity contribution < 1.29 is 9.53 Å². The van der Waals surface area contributed by atoms with Gasteiger partial charge in [-0.25, -0.2) is 4.98 Å². The number of benzene rings is 1. The van der Waals surface area contributed by atoms with Crippen molar-refractivity contribution in [3.8, 4) is 17.6 Å². The Balaban J connectivity index is 1.45. The molecule has 0 bridgehead atoms. The lowest BCUT2D eigenvalue weighted by atomic mass is 9.98. The maximum Gasteiger partial charge on any atom is 0.254 e. The summed E-state index contributed by atoms with van der Waals surface area (Å²) in [6.45, 7) is 4.79. The first kappa shape index (κ1) is 17.5. The molecule has 0 saturated carbocycles. The van der Waals surface area contributed by atoms with Gasteiger partial charge in [0, 0.05) is 31.4 Å². The predicted octanol–water partition coefficient (Wildman–Crippen LogP) is 2.84. The van der Waals surface area contributed by atoms with Crippen molar-refractivity contribution in [3.63, 3.8) is 0 Å². The second-order valence-electron chi connectivity index (χ2n) is 6.97. The molecule has 0 unspecified atom stereocenters. The number of nitriles is 1. The van der Waals surface area contributed by atoms with Crippen LogP contribution in [-0.4, -0.2) is 53.4 Å². The van der Waals surface area contributed by atoms with Gasteiger partial charge < -0.3 is 14.5 Å². The fraction of sp³-hybridized carbons (Fsp3) is 0.381. The summed E-state index contributed by atoms with van der Waals surface area (Å²) >= 11 is 0. The molecule has 3 heterocycles. The van der Waals surface area contributed by atoms with Crippen LogP contribution in [0.25, 0.3) is 0 Å². The van der Waals surface area contributed by atoms with Gasteiger partial charge in [0.15, 0.2) is 11.4 Å². The molecule has 1 amide bonds. The normalized spacial score (nSPS) is 16.9. The smallest absolute Gasteiger partial charge is 0.254 e. The highest BCUT2D eigenvalue weighted by atomic mass is 16.5. The zero-order chi connectivity index (χ0) is 18.6. The molecule has 4 rings (SSSR count). The Labute approximate surface area is 159 Å². The van der Waals surface area contributed by atoms with E-state index in [0.29, 0.717) is 11.5 Å². The molecule has 1 fully saturated rings. The van der Waals surface area contributed by atoms with Gasteiger partial charge in [-0.3, -0.25) is 4.79 Å². The number of fused-ring (bicyclic) bond motifs is 1. The number of carbonyl (C=O) groups is 1. The van der Waals surface area contributed by atoms with Gasteiger partial charge in [0.25, 0.3) is 5.91 Å². The van der Waals surface area contributed by atoms with Crippen molar-refractivity contribution in [1.82, 2.24) is 14.8 Å².